The molecular formula is C22H29N3O4S. The van der Waals surface area contributed by atoms with Gasteiger partial charge in [0.05, 0.1) is 12.7 Å². The number of rotatable bonds is 11. The monoisotopic (exact) mass is 431 g/mol. The lowest BCUT2D eigenvalue weighted by Crippen LogP contribution is -2.34. The van der Waals surface area contributed by atoms with Gasteiger partial charge in [-0.15, -0.1) is 0 Å². The summed E-state index contributed by atoms with van der Waals surface area (Å²) in [5.41, 5.74) is 1.74. The van der Waals surface area contributed by atoms with Gasteiger partial charge in [-0.25, -0.2) is 13.1 Å². The first-order chi connectivity index (χ1) is 14.3. The molecule has 7 nitrogen and oxygen atoms in total. The second kappa shape index (κ2) is 11.1. The van der Waals surface area contributed by atoms with Crippen LogP contribution < -0.4 is 9.62 Å². The Bertz CT molecular complexity index is 1020. The third-order valence-corrected chi connectivity index (χ3v) is 5.95. The molecule has 0 saturated heterocycles. The van der Waals surface area contributed by atoms with Crippen molar-refractivity contribution < 1.29 is 18.6 Å². The van der Waals surface area contributed by atoms with Gasteiger partial charge in [-0.2, -0.15) is 5.26 Å². The Hall–Kier alpha value is -2.44. The van der Waals surface area contributed by atoms with Gasteiger partial charge < -0.3 is 15.1 Å². The smallest absolute Gasteiger partial charge is 0.250 e. The zero-order valence-corrected chi connectivity index (χ0v) is 18.2. The molecule has 3 N–H and O–H groups in total. The number of nitrogens with zero attached hydrogens (tertiary/aromatic N) is 2. The summed E-state index contributed by atoms with van der Waals surface area (Å²) in [5.74, 6) is 0. The molecule has 0 heterocycles. The molecule has 1 unspecified atom stereocenters. The Kier molecular flexibility index (Phi) is 8.81. The molecule has 0 fully saturated rings. The van der Waals surface area contributed by atoms with E-state index in [0.29, 0.717) is 5.56 Å². The fourth-order valence-corrected chi connectivity index (χ4v) is 4.10. The lowest BCUT2D eigenvalue weighted by atomic mass is 10.1. The van der Waals surface area contributed by atoms with Gasteiger partial charge in [0.2, 0.25) is 0 Å². The summed E-state index contributed by atoms with van der Waals surface area (Å²) < 4.78 is 26.7. The standard InChI is InChI=1S/C22H29N3O4S/c1-3-9-25(10-4-2)20-8-7-18-11-17(5-6-19(18)13-20)12-22(14-23)30(28,29)24-15-21(27)16-26/h5-8,11-13,21,24,26-27H,3-4,9-10,15-16H2,1-2H3. The lowest BCUT2D eigenvalue weighted by molar-refractivity contribution is 0.0989. The highest BCUT2D eigenvalue weighted by atomic mass is 32.2. The van der Waals surface area contributed by atoms with Gasteiger partial charge in [-0.05, 0) is 53.5 Å². The van der Waals surface area contributed by atoms with Crippen LogP contribution in [0.15, 0.2) is 41.3 Å². The third kappa shape index (κ3) is 6.28. The quantitative estimate of drug-likeness (QED) is 0.471. The number of nitriles is 1. The highest BCUT2D eigenvalue weighted by Gasteiger charge is 2.18. The van der Waals surface area contributed by atoms with Gasteiger partial charge >= 0.3 is 0 Å². The molecular weight excluding hydrogens is 402 g/mol. The molecule has 0 bridgehead atoms. The molecule has 0 spiro atoms. The zero-order valence-electron chi connectivity index (χ0n) is 17.4. The largest absolute Gasteiger partial charge is 0.394 e. The number of allylic oxidation sites excluding steroid dienone is 1. The first kappa shape index (κ1) is 23.8. The number of sulfonamides is 1. The molecule has 0 radical (unpaired) electrons. The van der Waals surface area contributed by atoms with Crippen molar-refractivity contribution in [1.82, 2.24) is 4.72 Å². The third-order valence-electron chi connectivity index (χ3n) is 4.62. The van der Waals surface area contributed by atoms with Crippen LogP contribution in [-0.2, 0) is 10.0 Å². The Morgan fingerprint density at radius 1 is 1.17 bits per heavy atom. The number of aliphatic hydroxyl groups is 2. The fourth-order valence-electron chi connectivity index (χ4n) is 3.12. The van der Waals surface area contributed by atoms with E-state index >= 15 is 0 Å². The summed E-state index contributed by atoms with van der Waals surface area (Å²) in [7, 11) is -4.09. The highest BCUT2D eigenvalue weighted by Crippen LogP contribution is 2.25. The summed E-state index contributed by atoms with van der Waals surface area (Å²) >= 11 is 0. The molecule has 0 aromatic heterocycles. The van der Waals surface area contributed by atoms with E-state index in [2.05, 4.69) is 35.6 Å². The van der Waals surface area contributed by atoms with Crippen molar-refractivity contribution in [2.75, 3.05) is 31.1 Å². The van der Waals surface area contributed by atoms with Crippen molar-refractivity contribution in [3.63, 3.8) is 0 Å². The van der Waals surface area contributed by atoms with Crippen LogP contribution in [0, 0.1) is 11.3 Å². The van der Waals surface area contributed by atoms with Crippen molar-refractivity contribution in [2.24, 2.45) is 0 Å². The Morgan fingerprint density at radius 3 is 2.40 bits per heavy atom. The van der Waals surface area contributed by atoms with Crippen molar-refractivity contribution in [1.29, 1.82) is 5.26 Å². The van der Waals surface area contributed by atoms with E-state index in [1.165, 1.54) is 6.08 Å². The number of benzene rings is 2. The summed E-state index contributed by atoms with van der Waals surface area (Å²) in [6, 6.07) is 13.4. The van der Waals surface area contributed by atoms with Crippen molar-refractivity contribution in [2.45, 2.75) is 32.8 Å². The van der Waals surface area contributed by atoms with E-state index in [9.17, 15) is 18.8 Å². The normalized spacial score (nSPS) is 13.2. The van der Waals surface area contributed by atoms with Crippen LogP contribution in [0.4, 0.5) is 5.69 Å². The maximum absolute atomic E-state index is 12.3. The maximum atomic E-state index is 12.3. The van der Waals surface area contributed by atoms with Gasteiger partial charge in [0, 0.05) is 25.3 Å². The number of hydrogen-bond acceptors (Lipinski definition) is 6. The SMILES string of the molecule is CCCN(CCC)c1ccc2cc(C=C(C#N)S(=O)(=O)NCC(O)CO)ccc2c1. The van der Waals surface area contributed by atoms with E-state index < -0.39 is 27.6 Å². The Morgan fingerprint density at radius 2 is 1.80 bits per heavy atom. The molecule has 30 heavy (non-hydrogen) atoms. The number of hydrogen-bond donors (Lipinski definition) is 3. The number of nitrogens with one attached hydrogen (secondary N) is 1. The van der Waals surface area contributed by atoms with Crippen LogP contribution in [0.3, 0.4) is 0 Å². The molecule has 2 rings (SSSR count). The first-order valence-electron chi connectivity index (χ1n) is 10.0. The molecule has 2 aromatic carbocycles. The second-order valence-electron chi connectivity index (χ2n) is 7.09. The Labute approximate surface area is 178 Å². The average molecular weight is 432 g/mol. The van der Waals surface area contributed by atoms with E-state index in [1.54, 1.807) is 12.1 Å². The number of aliphatic hydroxyl groups excluding tert-OH is 2. The van der Waals surface area contributed by atoms with Crippen molar-refractivity contribution >= 4 is 32.6 Å². The van der Waals surface area contributed by atoms with E-state index in [1.807, 2.05) is 18.2 Å². The minimum atomic E-state index is -4.09. The molecule has 0 aliphatic rings. The zero-order chi connectivity index (χ0) is 22.1. The molecule has 0 aliphatic heterocycles. The molecule has 0 aliphatic carbocycles. The van der Waals surface area contributed by atoms with Gasteiger partial charge in [-0.3, -0.25) is 0 Å². The number of anilines is 1. The molecule has 0 saturated carbocycles. The molecule has 2 aromatic rings. The van der Waals surface area contributed by atoms with Crippen LogP contribution >= 0.6 is 0 Å². The summed E-state index contributed by atoms with van der Waals surface area (Å²) in [4.78, 5) is 1.89. The molecule has 0 amide bonds. The van der Waals surface area contributed by atoms with Gasteiger partial charge in [0.1, 0.15) is 6.07 Å². The van der Waals surface area contributed by atoms with Crippen molar-refractivity contribution in [3.05, 3.63) is 46.9 Å². The van der Waals surface area contributed by atoms with Crippen LogP contribution in [-0.4, -0.2) is 51.0 Å². The van der Waals surface area contributed by atoms with Crippen LogP contribution in [0.5, 0.6) is 0 Å². The summed E-state index contributed by atoms with van der Waals surface area (Å²) in [6.45, 7) is 5.34. The van der Waals surface area contributed by atoms with Gasteiger partial charge in [0.25, 0.3) is 10.0 Å². The predicted molar refractivity (Wildman–Crippen MR) is 120 cm³/mol. The van der Waals surface area contributed by atoms with Crippen LogP contribution in [0.25, 0.3) is 16.8 Å². The minimum Gasteiger partial charge on any atom is -0.394 e. The maximum Gasteiger partial charge on any atom is 0.250 e. The first-order valence-corrected chi connectivity index (χ1v) is 11.5. The fraction of sp³-hybridized carbons (Fsp3) is 0.409. The average Bonchev–Trinajstić information content (AvgIpc) is 2.75. The second-order valence-corrected chi connectivity index (χ2v) is 8.82. The predicted octanol–water partition coefficient (Wildman–Crippen LogP) is 2.60. The van der Waals surface area contributed by atoms with Gasteiger partial charge in [-0.1, -0.05) is 32.0 Å². The Balaban J connectivity index is 2.31. The summed E-state index contributed by atoms with van der Waals surface area (Å²) in [6.07, 6.45) is 2.20. The summed E-state index contributed by atoms with van der Waals surface area (Å²) in [5, 5.41) is 29.4. The number of fused-ring (bicyclic) bond motifs is 1. The van der Waals surface area contributed by atoms with E-state index in [-0.39, 0.29) is 6.54 Å². The van der Waals surface area contributed by atoms with Crippen molar-refractivity contribution in [3.8, 4) is 6.07 Å². The molecule has 162 valence electrons. The lowest BCUT2D eigenvalue weighted by Gasteiger charge is -2.24. The molecule has 1 atom stereocenters. The minimum absolute atomic E-state index is 0.371. The highest BCUT2D eigenvalue weighted by molar-refractivity contribution is 7.93. The van der Waals surface area contributed by atoms with E-state index in [4.69, 9.17) is 5.11 Å². The van der Waals surface area contributed by atoms with E-state index in [0.717, 1.165) is 42.4 Å². The molecule has 8 heteroatoms. The van der Waals surface area contributed by atoms with Crippen LogP contribution in [0.2, 0.25) is 0 Å². The van der Waals surface area contributed by atoms with Crippen LogP contribution in [0.1, 0.15) is 32.3 Å². The van der Waals surface area contributed by atoms with Gasteiger partial charge in [0.15, 0.2) is 4.91 Å². The topological polar surface area (TPSA) is 114 Å².